The van der Waals surface area contributed by atoms with Crippen molar-refractivity contribution in [2.75, 3.05) is 13.7 Å². The Labute approximate surface area is 141 Å². The number of aliphatic imine (C=N–C) groups is 1. The Morgan fingerprint density at radius 1 is 1.26 bits per heavy atom. The summed E-state index contributed by atoms with van der Waals surface area (Å²) < 4.78 is 5.48. The van der Waals surface area contributed by atoms with E-state index in [0.717, 1.165) is 24.5 Å². The quantitative estimate of drug-likeness (QED) is 0.604. The van der Waals surface area contributed by atoms with Crippen molar-refractivity contribution in [2.24, 2.45) is 4.99 Å². The van der Waals surface area contributed by atoms with Crippen LogP contribution in [0.3, 0.4) is 0 Å². The van der Waals surface area contributed by atoms with Crippen LogP contribution in [0.2, 0.25) is 0 Å². The highest BCUT2D eigenvalue weighted by Gasteiger charge is 2.03. The molecule has 0 radical (unpaired) electrons. The first-order chi connectivity index (χ1) is 11.2. The maximum absolute atomic E-state index is 5.48. The van der Waals surface area contributed by atoms with Crippen LogP contribution in [0.1, 0.15) is 29.3 Å². The minimum absolute atomic E-state index is 0.671. The third-order valence-corrected chi connectivity index (χ3v) is 4.34. The van der Waals surface area contributed by atoms with Crippen LogP contribution in [0.4, 0.5) is 0 Å². The van der Waals surface area contributed by atoms with Gasteiger partial charge in [-0.25, -0.2) is 4.98 Å². The molecule has 0 spiro atoms. The van der Waals surface area contributed by atoms with Gasteiger partial charge in [0.15, 0.2) is 5.96 Å². The second-order valence-electron chi connectivity index (χ2n) is 5.16. The molecule has 0 aromatic carbocycles. The fourth-order valence-corrected chi connectivity index (χ4v) is 2.81. The van der Waals surface area contributed by atoms with E-state index in [-0.39, 0.29) is 0 Å². The SMILES string of the molecule is CCCOc1ccc(CNC(=NC)NCc2sccc2C)cn1. The molecule has 0 aliphatic carbocycles. The number of rotatable bonds is 7. The fraction of sp³-hybridized carbons (Fsp3) is 0.412. The van der Waals surface area contributed by atoms with Crippen molar-refractivity contribution in [3.63, 3.8) is 0 Å². The van der Waals surface area contributed by atoms with Gasteiger partial charge < -0.3 is 15.4 Å². The summed E-state index contributed by atoms with van der Waals surface area (Å²) >= 11 is 1.76. The maximum atomic E-state index is 5.48. The molecular weight excluding hydrogens is 308 g/mol. The van der Waals surface area contributed by atoms with Crippen LogP contribution in [0.25, 0.3) is 0 Å². The first kappa shape index (κ1) is 17.3. The molecular formula is C17H24N4OS. The average Bonchev–Trinajstić information content (AvgIpc) is 2.99. The van der Waals surface area contributed by atoms with Crippen LogP contribution in [0.15, 0.2) is 34.8 Å². The average molecular weight is 332 g/mol. The monoisotopic (exact) mass is 332 g/mol. The molecule has 0 unspecified atom stereocenters. The number of pyridine rings is 1. The van der Waals surface area contributed by atoms with Gasteiger partial charge in [-0.1, -0.05) is 13.0 Å². The Morgan fingerprint density at radius 3 is 2.70 bits per heavy atom. The molecule has 0 saturated heterocycles. The fourth-order valence-electron chi connectivity index (χ4n) is 1.96. The normalized spacial score (nSPS) is 11.3. The highest BCUT2D eigenvalue weighted by Crippen LogP contribution is 2.14. The topological polar surface area (TPSA) is 58.5 Å². The van der Waals surface area contributed by atoms with Gasteiger partial charge >= 0.3 is 0 Å². The van der Waals surface area contributed by atoms with Crippen molar-refractivity contribution >= 4 is 17.3 Å². The van der Waals surface area contributed by atoms with Gasteiger partial charge in [0.1, 0.15) is 0 Å². The first-order valence-corrected chi connectivity index (χ1v) is 8.66. The maximum Gasteiger partial charge on any atom is 0.213 e. The molecule has 5 nitrogen and oxygen atoms in total. The number of nitrogens with one attached hydrogen (secondary N) is 2. The molecule has 23 heavy (non-hydrogen) atoms. The smallest absolute Gasteiger partial charge is 0.213 e. The van der Waals surface area contributed by atoms with E-state index in [2.05, 4.69) is 45.9 Å². The summed E-state index contributed by atoms with van der Waals surface area (Å²) in [4.78, 5) is 9.87. The summed E-state index contributed by atoms with van der Waals surface area (Å²) in [6.45, 7) is 6.35. The summed E-state index contributed by atoms with van der Waals surface area (Å²) in [5, 5.41) is 8.73. The van der Waals surface area contributed by atoms with E-state index in [1.807, 2.05) is 18.3 Å². The van der Waals surface area contributed by atoms with Crippen LogP contribution in [-0.2, 0) is 13.1 Å². The predicted octanol–water partition coefficient (Wildman–Crippen LogP) is 3.11. The lowest BCUT2D eigenvalue weighted by atomic mass is 10.3. The summed E-state index contributed by atoms with van der Waals surface area (Å²) in [6.07, 6.45) is 2.81. The standard InChI is InChI=1S/C17H24N4OS/c1-4-8-22-16-6-5-14(10-19-16)11-20-17(18-3)21-12-15-13(2)7-9-23-15/h5-7,9-10H,4,8,11-12H2,1-3H3,(H2,18,20,21). The van der Waals surface area contributed by atoms with E-state index >= 15 is 0 Å². The lowest BCUT2D eigenvalue weighted by molar-refractivity contribution is 0.305. The van der Waals surface area contributed by atoms with E-state index in [0.29, 0.717) is 19.0 Å². The number of ether oxygens (including phenoxy) is 1. The van der Waals surface area contributed by atoms with Crippen molar-refractivity contribution in [1.29, 1.82) is 0 Å². The highest BCUT2D eigenvalue weighted by atomic mass is 32.1. The van der Waals surface area contributed by atoms with Crippen LogP contribution in [-0.4, -0.2) is 24.6 Å². The van der Waals surface area contributed by atoms with Crippen LogP contribution >= 0.6 is 11.3 Å². The molecule has 0 fully saturated rings. The van der Waals surface area contributed by atoms with E-state index in [1.165, 1.54) is 10.4 Å². The summed E-state index contributed by atoms with van der Waals surface area (Å²) in [5.41, 5.74) is 2.40. The molecule has 6 heteroatoms. The third kappa shape index (κ3) is 5.56. The Bertz CT molecular complexity index is 622. The van der Waals surface area contributed by atoms with E-state index < -0.39 is 0 Å². The Kier molecular flexibility index (Phi) is 6.87. The zero-order valence-corrected chi connectivity index (χ0v) is 14.7. The molecule has 0 amide bonds. The molecule has 0 saturated carbocycles. The zero-order valence-electron chi connectivity index (χ0n) is 13.9. The summed E-state index contributed by atoms with van der Waals surface area (Å²) in [7, 11) is 1.77. The van der Waals surface area contributed by atoms with Gasteiger partial charge in [0, 0.05) is 30.7 Å². The zero-order chi connectivity index (χ0) is 16.5. The van der Waals surface area contributed by atoms with Gasteiger partial charge in [-0.3, -0.25) is 4.99 Å². The number of aromatic nitrogens is 1. The number of guanidine groups is 1. The van der Waals surface area contributed by atoms with Crippen molar-refractivity contribution < 1.29 is 4.74 Å². The highest BCUT2D eigenvalue weighted by molar-refractivity contribution is 7.10. The number of aryl methyl sites for hydroxylation is 1. The molecule has 0 aliphatic rings. The van der Waals surface area contributed by atoms with Gasteiger partial charge in [-0.2, -0.15) is 0 Å². The minimum atomic E-state index is 0.671. The van der Waals surface area contributed by atoms with E-state index in [4.69, 9.17) is 4.74 Å². The number of hydrogen-bond acceptors (Lipinski definition) is 4. The number of thiophene rings is 1. The lowest BCUT2D eigenvalue weighted by Crippen LogP contribution is -2.36. The van der Waals surface area contributed by atoms with Crippen LogP contribution < -0.4 is 15.4 Å². The van der Waals surface area contributed by atoms with Gasteiger partial charge in [-0.15, -0.1) is 11.3 Å². The second kappa shape index (κ2) is 9.15. The van der Waals surface area contributed by atoms with Crippen molar-refractivity contribution in [3.05, 3.63) is 45.8 Å². The van der Waals surface area contributed by atoms with E-state index in [9.17, 15) is 0 Å². The molecule has 0 aliphatic heterocycles. The van der Waals surface area contributed by atoms with Crippen molar-refractivity contribution in [3.8, 4) is 5.88 Å². The van der Waals surface area contributed by atoms with Gasteiger partial charge in [0.05, 0.1) is 13.2 Å². The molecule has 0 atom stereocenters. The molecule has 124 valence electrons. The Hall–Kier alpha value is -2.08. The molecule has 0 bridgehead atoms. The molecule has 2 heterocycles. The predicted molar refractivity (Wildman–Crippen MR) is 96.1 cm³/mol. The van der Waals surface area contributed by atoms with Gasteiger partial charge in [0.25, 0.3) is 0 Å². The molecule has 2 aromatic rings. The minimum Gasteiger partial charge on any atom is -0.478 e. The van der Waals surface area contributed by atoms with E-state index in [1.54, 1.807) is 18.4 Å². The van der Waals surface area contributed by atoms with Crippen LogP contribution in [0, 0.1) is 6.92 Å². The lowest BCUT2D eigenvalue weighted by Gasteiger charge is -2.12. The van der Waals surface area contributed by atoms with Crippen molar-refractivity contribution in [1.82, 2.24) is 15.6 Å². The molecule has 2 rings (SSSR count). The number of nitrogens with zero attached hydrogens (tertiary/aromatic N) is 2. The first-order valence-electron chi connectivity index (χ1n) is 7.78. The Balaban J connectivity index is 1.80. The summed E-state index contributed by atoms with van der Waals surface area (Å²) in [5.74, 6) is 1.45. The number of hydrogen-bond donors (Lipinski definition) is 2. The molecule has 2 N–H and O–H groups in total. The molecule has 2 aromatic heterocycles. The second-order valence-corrected chi connectivity index (χ2v) is 6.16. The van der Waals surface area contributed by atoms with Crippen LogP contribution in [0.5, 0.6) is 5.88 Å². The Morgan fingerprint density at radius 2 is 2.09 bits per heavy atom. The summed E-state index contributed by atoms with van der Waals surface area (Å²) in [6, 6.07) is 6.05. The van der Waals surface area contributed by atoms with Gasteiger partial charge in [-0.05, 0) is 35.9 Å². The third-order valence-electron chi connectivity index (χ3n) is 3.32. The van der Waals surface area contributed by atoms with Crippen molar-refractivity contribution in [2.45, 2.75) is 33.4 Å². The van der Waals surface area contributed by atoms with Gasteiger partial charge in [0.2, 0.25) is 5.88 Å². The largest absolute Gasteiger partial charge is 0.478 e.